The predicted octanol–water partition coefficient (Wildman–Crippen LogP) is -0.929. The van der Waals surface area contributed by atoms with Crippen LogP contribution in [0.4, 0.5) is 0 Å². The fraction of sp³-hybridized carbons (Fsp3) is 0.769. The van der Waals surface area contributed by atoms with Crippen molar-refractivity contribution in [1.29, 1.82) is 0 Å². The van der Waals surface area contributed by atoms with Gasteiger partial charge in [0.2, 0.25) is 17.7 Å². The van der Waals surface area contributed by atoms with E-state index in [1.165, 1.54) is 4.90 Å². The zero-order valence-electron chi connectivity index (χ0n) is 12.7. The molecule has 4 N–H and O–H groups in total. The summed E-state index contributed by atoms with van der Waals surface area (Å²) in [5.74, 6) is -0.874. The number of nitrogens with one attached hydrogen (secondary N) is 2. The van der Waals surface area contributed by atoms with Crippen LogP contribution >= 0.6 is 0 Å². The molecular formula is C13H26N4O3. The van der Waals surface area contributed by atoms with Crippen LogP contribution < -0.4 is 16.4 Å². The van der Waals surface area contributed by atoms with Crippen LogP contribution in [0.1, 0.15) is 27.7 Å². The number of carbonyl (C=O) groups is 3. The highest BCUT2D eigenvalue weighted by molar-refractivity contribution is 5.89. The average Bonchev–Trinajstić information content (AvgIpc) is 2.40. The van der Waals surface area contributed by atoms with E-state index < -0.39 is 6.04 Å². The predicted molar refractivity (Wildman–Crippen MR) is 76.8 cm³/mol. The van der Waals surface area contributed by atoms with Gasteiger partial charge in [0.25, 0.3) is 0 Å². The molecule has 0 aromatic rings. The van der Waals surface area contributed by atoms with Gasteiger partial charge in [-0.3, -0.25) is 14.4 Å². The third-order valence-electron chi connectivity index (χ3n) is 2.88. The molecule has 0 aliphatic heterocycles. The highest BCUT2D eigenvalue weighted by atomic mass is 16.2. The molecule has 0 saturated heterocycles. The van der Waals surface area contributed by atoms with Gasteiger partial charge in [-0.15, -0.1) is 0 Å². The molecular weight excluding hydrogens is 260 g/mol. The fourth-order valence-corrected chi connectivity index (χ4v) is 1.50. The first-order valence-corrected chi connectivity index (χ1v) is 6.91. The van der Waals surface area contributed by atoms with Crippen molar-refractivity contribution in [2.75, 3.05) is 26.2 Å². The Balaban J connectivity index is 4.29. The number of nitrogens with two attached hydrogens (primary N) is 1. The maximum absolute atomic E-state index is 11.9. The molecule has 0 bridgehead atoms. The SMILES string of the molecule is CCNC(=O)CN(CC)C(=O)CNC(=O)[C@@H](N)C(C)C. The lowest BCUT2D eigenvalue weighted by Crippen LogP contribution is -2.49. The number of hydrogen-bond acceptors (Lipinski definition) is 4. The molecule has 0 rings (SSSR count). The Kier molecular flexibility index (Phi) is 8.54. The summed E-state index contributed by atoms with van der Waals surface area (Å²) < 4.78 is 0. The molecule has 0 heterocycles. The van der Waals surface area contributed by atoms with Crippen molar-refractivity contribution < 1.29 is 14.4 Å². The Labute approximate surface area is 120 Å². The third kappa shape index (κ3) is 6.51. The minimum absolute atomic E-state index is 0.00251. The van der Waals surface area contributed by atoms with Crippen LogP contribution in [0.5, 0.6) is 0 Å². The van der Waals surface area contributed by atoms with E-state index >= 15 is 0 Å². The van der Waals surface area contributed by atoms with Gasteiger partial charge in [0, 0.05) is 13.1 Å². The lowest BCUT2D eigenvalue weighted by Gasteiger charge is -2.21. The van der Waals surface area contributed by atoms with Crippen molar-refractivity contribution in [3.05, 3.63) is 0 Å². The first-order chi connectivity index (χ1) is 9.33. The van der Waals surface area contributed by atoms with Crippen molar-refractivity contribution in [2.24, 2.45) is 11.7 Å². The van der Waals surface area contributed by atoms with E-state index in [0.29, 0.717) is 13.1 Å². The molecule has 7 heteroatoms. The van der Waals surface area contributed by atoms with Crippen LogP contribution in [0.3, 0.4) is 0 Å². The Bertz CT molecular complexity index is 345. The molecule has 3 amide bonds. The normalized spacial score (nSPS) is 11.9. The van der Waals surface area contributed by atoms with Crippen molar-refractivity contribution in [3.8, 4) is 0 Å². The third-order valence-corrected chi connectivity index (χ3v) is 2.88. The second-order valence-corrected chi connectivity index (χ2v) is 4.85. The smallest absolute Gasteiger partial charge is 0.242 e. The van der Waals surface area contributed by atoms with Crippen LogP contribution in [0, 0.1) is 5.92 Å². The minimum atomic E-state index is -0.638. The zero-order valence-corrected chi connectivity index (χ0v) is 12.7. The summed E-state index contributed by atoms with van der Waals surface area (Å²) in [6, 6.07) is -0.638. The number of nitrogens with zero attached hydrogens (tertiary/aromatic N) is 1. The molecule has 0 unspecified atom stereocenters. The highest BCUT2D eigenvalue weighted by Crippen LogP contribution is 1.97. The van der Waals surface area contributed by atoms with Crippen molar-refractivity contribution >= 4 is 17.7 Å². The summed E-state index contributed by atoms with van der Waals surface area (Å²) >= 11 is 0. The monoisotopic (exact) mass is 286 g/mol. The molecule has 0 aromatic carbocycles. The number of likely N-dealkylation sites (N-methyl/N-ethyl adjacent to an activating group) is 2. The topological polar surface area (TPSA) is 105 Å². The molecule has 0 aliphatic rings. The first-order valence-electron chi connectivity index (χ1n) is 6.91. The maximum atomic E-state index is 11.9. The standard InChI is InChI=1S/C13H26N4O3/c1-5-15-10(18)8-17(6-2)11(19)7-16-13(20)12(14)9(3)4/h9,12H,5-8,14H2,1-4H3,(H,15,18)(H,16,20)/t12-/m0/s1. The maximum Gasteiger partial charge on any atom is 0.242 e. The zero-order chi connectivity index (χ0) is 15.7. The van der Waals surface area contributed by atoms with E-state index in [-0.39, 0.29) is 36.7 Å². The first kappa shape index (κ1) is 18.4. The summed E-state index contributed by atoms with van der Waals surface area (Å²) in [5, 5.41) is 5.12. The van der Waals surface area contributed by atoms with Crippen molar-refractivity contribution in [2.45, 2.75) is 33.7 Å². The lowest BCUT2D eigenvalue weighted by atomic mass is 10.1. The van der Waals surface area contributed by atoms with E-state index in [1.54, 1.807) is 6.92 Å². The van der Waals surface area contributed by atoms with Crippen LogP contribution in [-0.4, -0.2) is 54.8 Å². The number of carbonyl (C=O) groups excluding carboxylic acids is 3. The van der Waals surface area contributed by atoms with Crippen LogP contribution in [-0.2, 0) is 14.4 Å². The lowest BCUT2D eigenvalue weighted by molar-refractivity contribution is -0.136. The molecule has 20 heavy (non-hydrogen) atoms. The molecule has 1 atom stereocenters. The summed E-state index contributed by atoms with van der Waals surface area (Å²) in [6.45, 7) is 8.02. The molecule has 0 aliphatic carbocycles. The summed E-state index contributed by atoms with van der Waals surface area (Å²) in [5.41, 5.74) is 5.67. The van der Waals surface area contributed by atoms with E-state index in [4.69, 9.17) is 5.73 Å². The second-order valence-electron chi connectivity index (χ2n) is 4.85. The van der Waals surface area contributed by atoms with Gasteiger partial charge in [-0.05, 0) is 19.8 Å². The van der Waals surface area contributed by atoms with E-state index in [0.717, 1.165) is 0 Å². The second kappa shape index (κ2) is 9.30. The number of amides is 3. The van der Waals surface area contributed by atoms with E-state index in [1.807, 2.05) is 20.8 Å². The van der Waals surface area contributed by atoms with Gasteiger partial charge in [-0.1, -0.05) is 13.8 Å². The summed E-state index contributed by atoms with van der Waals surface area (Å²) in [4.78, 5) is 36.4. The van der Waals surface area contributed by atoms with Crippen LogP contribution in [0.25, 0.3) is 0 Å². The molecule has 0 aromatic heterocycles. The largest absolute Gasteiger partial charge is 0.355 e. The van der Waals surface area contributed by atoms with Gasteiger partial charge in [-0.25, -0.2) is 0 Å². The van der Waals surface area contributed by atoms with E-state index in [2.05, 4.69) is 10.6 Å². The highest BCUT2D eigenvalue weighted by Gasteiger charge is 2.20. The van der Waals surface area contributed by atoms with Gasteiger partial charge in [0.1, 0.15) is 0 Å². The fourth-order valence-electron chi connectivity index (χ4n) is 1.50. The van der Waals surface area contributed by atoms with Gasteiger partial charge in [0.15, 0.2) is 0 Å². The van der Waals surface area contributed by atoms with Crippen LogP contribution in [0.15, 0.2) is 0 Å². The van der Waals surface area contributed by atoms with Gasteiger partial charge < -0.3 is 21.3 Å². The number of hydrogen-bond donors (Lipinski definition) is 3. The Morgan fingerprint density at radius 1 is 1.15 bits per heavy atom. The molecule has 0 saturated carbocycles. The van der Waals surface area contributed by atoms with Crippen molar-refractivity contribution in [1.82, 2.24) is 15.5 Å². The van der Waals surface area contributed by atoms with Crippen LogP contribution in [0.2, 0.25) is 0 Å². The molecule has 116 valence electrons. The number of rotatable bonds is 8. The van der Waals surface area contributed by atoms with Gasteiger partial charge in [0.05, 0.1) is 19.1 Å². The molecule has 0 spiro atoms. The summed E-state index contributed by atoms with van der Waals surface area (Å²) in [7, 11) is 0. The summed E-state index contributed by atoms with van der Waals surface area (Å²) in [6.07, 6.45) is 0. The van der Waals surface area contributed by atoms with E-state index in [9.17, 15) is 14.4 Å². The van der Waals surface area contributed by atoms with Gasteiger partial charge in [-0.2, -0.15) is 0 Å². The van der Waals surface area contributed by atoms with Gasteiger partial charge >= 0.3 is 0 Å². The van der Waals surface area contributed by atoms with Crippen molar-refractivity contribution in [3.63, 3.8) is 0 Å². The Morgan fingerprint density at radius 2 is 1.75 bits per heavy atom. The minimum Gasteiger partial charge on any atom is -0.355 e. The Morgan fingerprint density at radius 3 is 2.20 bits per heavy atom. The molecule has 0 fully saturated rings. The molecule has 7 nitrogen and oxygen atoms in total. The average molecular weight is 286 g/mol. The quantitative estimate of drug-likeness (QED) is 0.536. The Hall–Kier alpha value is -1.63. The molecule has 0 radical (unpaired) electrons.